The van der Waals surface area contributed by atoms with Crippen molar-refractivity contribution < 1.29 is 28.2 Å². The van der Waals surface area contributed by atoms with Crippen LogP contribution < -0.4 is 15.0 Å². The minimum absolute atomic E-state index is 0.143. The predicted molar refractivity (Wildman–Crippen MR) is 128 cm³/mol. The zero-order valence-corrected chi connectivity index (χ0v) is 19.8. The van der Waals surface area contributed by atoms with E-state index in [0.717, 1.165) is 22.5 Å². The van der Waals surface area contributed by atoms with Crippen LogP contribution in [0.2, 0.25) is 0 Å². The molecule has 2 aromatic carbocycles. The summed E-state index contributed by atoms with van der Waals surface area (Å²) in [6.45, 7) is 5.06. The van der Waals surface area contributed by atoms with Crippen LogP contribution in [0.25, 0.3) is 11.3 Å². The van der Waals surface area contributed by atoms with Gasteiger partial charge in [0.05, 0.1) is 31.0 Å². The van der Waals surface area contributed by atoms with E-state index in [0.29, 0.717) is 11.5 Å². The van der Waals surface area contributed by atoms with Crippen LogP contribution in [0, 0.1) is 0 Å². The van der Waals surface area contributed by atoms with Crippen LogP contribution in [0.15, 0.2) is 71.2 Å². The number of nitrogens with one attached hydrogen (secondary N) is 1. The van der Waals surface area contributed by atoms with Crippen LogP contribution in [-0.2, 0) is 19.1 Å². The minimum Gasteiger partial charge on any atom is -0.496 e. The van der Waals surface area contributed by atoms with Gasteiger partial charge in [0.15, 0.2) is 17.7 Å². The lowest BCUT2D eigenvalue weighted by molar-refractivity contribution is -0.222. The largest absolute Gasteiger partial charge is 0.496 e. The average Bonchev–Trinajstić information content (AvgIpc) is 3.44. The van der Waals surface area contributed by atoms with Crippen molar-refractivity contribution in [1.29, 1.82) is 0 Å². The van der Waals surface area contributed by atoms with Gasteiger partial charge < -0.3 is 28.8 Å². The molecule has 1 saturated heterocycles. The molecule has 0 radical (unpaired) electrons. The summed E-state index contributed by atoms with van der Waals surface area (Å²) >= 11 is 0. The maximum Gasteiger partial charge on any atom is 0.350 e. The lowest BCUT2D eigenvalue weighted by Crippen LogP contribution is -2.43. The van der Waals surface area contributed by atoms with Crippen LogP contribution in [0.1, 0.15) is 32.4 Å². The zero-order chi connectivity index (χ0) is 24.7. The molecule has 9 heteroatoms. The normalized spacial score (nSPS) is 20.7. The van der Waals surface area contributed by atoms with Gasteiger partial charge in [-0.2, -0.15) is 0 Å². The van der Waals surface area contributed by atoms with Crippen molar-refractivity contribution >= 4 is 23.3 Å². The van der Waals surface area contributed by atoms with Gasteiger partial charge in [0.25, 0.3) is 5.79 Å². The maximum absolute atomic E-state index is 12.5. The topological polar surface area (TPSA) is 103 Å². The van der Waals surface area contributed by atoms with Gasteiger partial charge in [-0.15, -0.1) is 0 Å². The smallest absolute Gasteiger partial charge is 0.350 e. The van der Waals surface area contributed by atoms with Crippen molar-refractivity contribution in [2.45, 2.75) is 38.6 Å². The number of anilines is 2. The Labute approximate surface area is 202 Å². The lowest BCUT2D eigenvalue weighted by Gasteiger charge is -2.31. The predicted octanol–water partition coefficient (Wildman–Crippen LogP) is 4.43. The molecule has 2 aliphatic rings. The SMILES string of the molecule is COc1cc(NC2c3ccccc3N(C=C3C(=O)OC(C)(C)OC3=O)C2C)ccc1-c1cnco1. The molecule has 2 aliphatic heterocycles. The molecule has 0 aliphatic carbocycles. The molecular weight excluding hydrogens is 450 g/mol. The number of fused-ring (bicyclic) bond motifs is 1. The van der Waals surface area contributed by atoms with E-state index < -0.39 is 17.7 Å². The van der Waals surface area contributed by atoms with Crippen LogP contribution in [0.3, 0.4) is 0 Å². The molecule has 3 aromatic rings. The molecular formula is C26H25N3O6. The Morgan fingerprint density at radius 3 is 2.54 bits per heavy atom. The van der Waals surface area contributed by atoms with Crippen molar-refractivity contribution in [3.8, 4) is 17.1 Å². The number of esters is 2. The molecule has 35 heavy (non-hydrogen) atoms. The number of cyclic esters (lactones) is 2. The average molecular weight is 476 g/mol. The molecule has 2 unspecified atom stereocenters. The van der Waals surface area contributed by atoms with E-state index in [9.17, 15) is 9.59 Å². The summed E-state index contributed by atoms with van der Waals surface area (Å²) in [4.78, 5) is 30.9. The van der Waals surface area contributed by atoms with E-state index in [4.69, 9.17) is 18.6 Å². The number of benzene rings is 2. The van der Waals surface area contributed by atoms with Crippen LogP contribution >= 0.6 is 0 Å². The Bertz CT molecular complexity index is 1290. The molecule has 5 rings (SSSR count). The first-order valence-electron chi connectivity index (χ1n) is 11.2. The quantitative estimate of drug-likeness (QED) is 0.326. The number of carbonyl (C=O) groups excluding carboxylic acids is 2. The first-order chi connectivity index (χ1) is 16.8. The third kappa shape index (κ3) is 4.09. The number of methoxy groups -OCH3 is 1. The Kier molecular flexibility index (Phi) is 5.47. The monoisotopic (exact) mass is 475 g/mol. The second kappa shape index (κ2) is 8.50. The molecule has 2 atom stereocenters. The fourth-order valence-corrected chi connectivity index (χ4v) is 4.43. The number of nitrogens with zero attached hydrogens (tertiary/aromatic N) is 2. The van der Waals surface area contributed by atoms with Crippen molar-refractivity contribution in [1.82, 2.24) is 4.98 Å². The highest BCUT2D eigenvalue weighted by atomic mass is 16.7. The van der Waals surface area contributed by atoms with Gasteiger partial charge in [-0.25, -0.2) is 14.6 Å². The Morgan fingerprint density at radius 2 is 1.86 bits per heavy atom. The molecule has 9 nitrogen and oxygen atoms in total. The second-order valence-corrected chi connectivity index (χ2v) is 8.83. The molecule has 3 heterocycles. The van der Waals surface area contributed by atoms with E-state index in [1.54, 1.807) is 13.3 Å². The van der Waals surface area contributed by atoms with E-state index >= 15 is 0 Å². The van der Waals surface area contributed by atoms with Crippen LogP contribution in [0.5, 0.6) is 5.75 Å². The summed E-state index contributed by atoms with van der Waals surface area (Å²) in [6, 6.07) is 13.3. The highest BCUT2D eigenvalue weighted by Crippen LogP contribution is 2.43. The van der Waals surface area contributed by atoms with Gasteiger partial charge >= 0.3 is 11.9 Å². The lowest BCUT2D eigenvalue weighted by atomic mass is 10.0. The highest BCUT2D eigenvalue weighted by molar-refractivity contribution is 6.15. The van der Waals surface area contributed by atoms with Crippen LogP contribution in [0.4, 0.5) is 11.4 Å². The Balaban J connectivity index is 1.46. The number of rotatable bonds is 5. The Morgan fingerprint density at radius 1 is 1.11 bits per heavy atom. The summed E-state index contributed by atoms with van der Waals surface area (Å²) < 4.78 is 21.5. The van der Waals surface area contributed by atoms with Gasteiger partial charge in [-0.3, -0.25) is 0 Å². The minimum atomic E-state index is -1.29. The molecule has 180 valence electrons. The van der Waals surface area contributed by atoms with E-state index in [1.807, 2.05) is 54.3 Å². The summed E-state index contributed by atoms with van der Waals surface area (Å²) in [5, 5.41) is 3.57. The molecule has 1 fully saturated rings. The van der Waals surface area contributed by atoms with Crippen molar-refractivity contribution in [3.63, 3.8) is 0 Å². The standard InChI is InChI=1S/C26H25N3O6/c1-15-23(28-16-9-10-18(21(11-16)32-4)22-12-27-14-33-22)17-7-5-6-8-20(17)29(15)13-19-24(30)34-26(2,3)35-25(19)31/h5-15,23,28H,1-4H3. The van der Waals surface area contributed by atoms with Gasteiger partial charge in [0.1, 0.15) is 5.75 Å². The zero-order valence-electron chi connectivity index (χ0n) is 19.8. The van der Waals surface area contributed by atoms with Crippen molar-refractivity contribution in [3.05, 3.63) is 72.4 Å². The molecule has 0 saturated carbocycles. The number of hydrogen-bond donors (Lipinski definition) is 1. The fraction of sp³-hybridized carbons (Fsp3) is 0.269. The molecule has 0 amide bonds. The van der Waals surface area contributed by atoms with Crippen LogP contribution in [-0.4, -0.2) is 35.9 Å². The first-order valence-corrected chi connectivity index (χ1v) is 11.2. The number of carbonyl (C=O) groups is 2. The molecule has 1 N–H and O–H groups in total. The van der Waals surface area contributed by atoms with Gasteiger partial charge in [0.2, 0.25) is 0 Å². The van der Waals surface area contributed by atoms with Crippen molar-refractivity contribution in [2.75, 3.05) is 17.3 Å². The summed E-state index contributed by atoms with van der Waals surface area (Å²) in [7, 11) is 1.60. The van der Waals surface area contributed by atoms with E-state index in [-0.39, 0.29) is 17.7 Å². The molecule has 0 spiro atoms. The summed E-state index contributed by atoms with van der Waals surface area (Å²) in [6.07, 6.45) is 4.52. The number of oxazole rings is 1. The second-order valence-electron chi connectivity index (χ2n) is 8.83. The maximum atomic E-state index is 12.5. The highest BCUT2D eigenvalue weighted by Gasteiger charge is 2.41. The first kappa shape index (κ1) is 22.5. The fourth-order valence-electron chi connectivity index (χ4n) is 4.43. The number of ether oxygens (including phenoxy) is 3. The number of aromatic nitrogens is 1. The summed E-state index contributed by atoms with van der Waals surface area (Å²) in [5.41, 5.74) is 3.38. The third-order valence-electron chi connectivity index (χ3n) is 6.08. The van der Waals surface area contributed by atoms with E-state index in [2.05, 4.69) is 10.3 Å². The number of hydrogen-bond acceptors (Lipinski definition) is 9. The van der Waals surface area contributed by atoms with E-state index in [1.165, 1.54) is 26.4 Å². The van der Waals surface area contributed by atoms with Gasteiger partial charge in [0, 0.05) is 43.1 Å². The van der Waals surface area contributed by atoms with Crippen molar-refractivity contribution in [2.24, 2.45) is 0 Å². The number of para-hydroxylation sites is 1. The third-order valence-corrected chi connectivity index (χ3v) is 6.08. The summed E-state index contributed by atoms with van der Waals surface area (Å²) in [5.74, 6) is -1.46. The molecule has 0 bridgehead atoms. The van der Waals surface area contributed by atoms with Gasteiger partial charge in [-0.05, 0) is 25.1 Å². The molecule has 1 aromatic heterocycles. The Hall–Kier alpha value is -4.27. The van der Waals surface area contributed by atoms with Gasteiger partial charge in [-0.1, -0.05) is 18.2 Å².